The number of nitrogens with zero attached hydrogens (tertiary/aromatic N) is 2. The second-order valence-electron chi connectivity index (χ2n) is 3.92. The fraction of sp³-hybridized carbons (Fsp3) is 0.250. The van der Waals surface area contributed by atoms with E-state index in [-0.39, 0.29) is 11.6 Å². The van der Waals surface area contributed by atoms with E-state index in [9.17, 15) is 4.79 Å². The monoisotopic (exact) mass is 246 g/mol. The fourth-order valence-corrected chi connectivity index (χ4v) is 1.60. The predicted molar refractivity (Wildman–Crippen MR) is 66.8 cm³/mol. The molecule has 1 heterocycles. The molecule has 0 spiro atoms. The molecule has 0 atom stereocenters. The molecule has 1 aromatic carbocycles. The van der Waals surface area contributed by atoms with E-state index in [0.29, 0.717) is 17.1 Å². The van der Waals surface area contributed by atoms with Crippen molar-refractivity contribution in [2.75, 3.05) is 12.4 Å². The molecule has 0 saturated carbocycles. The number of methoxy groups -OCH3 is 1. The summed E-state index contributed by atoms with van der Waals surface area (Å²) in [5.41, 5.74) is 2.48. The Kier molecular flexibility index (Phi) is 3.27. The third kappa shape index (κ3) is 2.32. The van der Waals surface area contributed by atoms with Crippen LogP contribution in [-0.4, -0.2) is 28.4 Å². The topological polar surface area (TPSA) is 79.9 Å². The highest BCUT2D eigenvalue weighted by Crippen LogP contribution is 2.25. The molecule has 0 aliphatic carbocycles. The van der Waals surface area contributed by atoms with Gasteiger partial charge in [0.25, 0.3) is 5.91 Å². The number of carbonyl (C=O) groups excluding carboxylic acids is 1. The molecule has 94 valence electrons. The maximum Gasteiger partial charge on any atom is 0.278 e. The van der Waals surface area contributed by atoms with Crippen LogP contribution in [0.5, 0.6) is 5.75 Å². The summed E-state index contributed by atoms with van der Waals surface area (Å²) in [5.74, 6) is 0.292. The Hall–Kier alpha value is -2.37. The van der Waals surface area contributed by atoms with Gasteiger partial charge in [0.15, 0.2) is 5.69 Å². The zero-order chi connectivity index (χ0) is 13.1. The Bertz CT molecular complexity index is 577. The number of amides is 1. The Morgan fingerprint density at radius 1 is 1.33 bits per heavy atom. The van der Waals surface area contributed by atoms with Gasteiger partial charge in [-0.05, 0) is 31.5 Å². The molecule has 0 fully saturated rings. The normalized spacial score (nSPS) is 10.2. The van der Waals surface area contributed by atoms with E-state index in [1.807, 2.05) is 19.1 Å². The van der Waals surface area contributed by atoms with Gasteiger partial charge < -0.3 is 10.1 Å². The quantitative estimate of drug-likeness (QED) is 0.863. The van der Waals surface area contributed by atoms with Gasteiger partial charge in [-0.2, -0.15) is 15.4 Å². The SMILES string of the molecule is COc1ccc(C)cc1NC(=O)c1n[nH]nc1C. The van der Waals surface area contributed by atoms with Crippen molar-refractivity contribution in [3.63, 3.8) is 0 Å². The van der Waals surface area contributed by atoms with Gasteiger partial charge in [-0.25, -0.2) is 0 Å². The predicted octanol–water partition coefficient (Wildman–Crippen LogP) is 1.68. The molecule has 0 aliphatic heterocycles. The number of aromatic nitrogens is 3. The molecule has 0 saturated heterocycles. The van der Waals surface area contributed by atoms with Crippen LogP contribution < -0.4 is 10.1 Å². The van der Waals surface area contributed by atoms with Crippen LogP contribution in [0, 0.1) is 13.8 Å². The number of rotatable bonds is 3. The fourth-order valence-electron chi connectivity index (χ4n) is 1.60. The average Bonchev–Trinajstić information content (AvgIpc) is 2.76. The van der Waals surface area contributed by atoms with Crippen molar-refractivity contribution >= 4 is 11.6 Å². The van der Waals surface area contributed by atoms with E-state index in [0.717, 1.165) is 5.56 Å². The maximum atomic E-state index is 12.0. The van der Waals surface area contributed by atoms with Gasteiger partial charge in [0.1, 0.15) is 5.75 Å². The minimum Gasteiger partial charge on any atom is -0.495 e. The number of hydrogen-bond acceptors (Lipinski definition) is 4. The van der Waals surface area contributed by atoms with Crippen LogP contribution in [0.1, 0.15) is 21.7 Å². The number of hydrogen-bond donors (Lipinski definition) is 2. The lowest BCUT2D eigenvalue weighted by Crippen LogP contribution is -2.14. The Balaban J connectivity index is 2.27. The smallest absolute Gasteiger partial charge is 0.278 e. The number of benzene rings is 1. The molecule has 0 radical (unpaired) electrons. The molecule has 6 heteroatoms. The summed E-state index contributed by atoms with van der Waals surface area (Å²) in [6.45, 7) is 3.66. The van der Waals surface area contributed by atoms with Gasteiger partial charge in [0.05, 0.1) is 18.5 Å². The number of nitrogens with one attached hydrogen (secondary N) is 2. The molecule has 6 nitrogen and oxygen atoms in total. The molecule has 2 rings (SSSR count). The zero-order valence-electron chi connectivity index (χ0n) is 10.4. The zero-order valence-corrected chi connectivity index (χ0v) is 10.4. The van der Waals surface area contributed by atoms with Crippen molar-refractivity contribution in [3.8, 4) is 5.75 Å². The molecule has 18 heavy (non-hydrogen) atoms. The van der Waals surface area contributed by atoms with Crippen LogP contribution in [0.25, 0.3) is 0 Å². The highest BCUT2D eigenvalue weighted by atomic mass is 16.5. The highest BCUT2D eigenvalue weighted by Gasteiger charge is 2.15. The van der Waals surface area contributed by atoms with Crippen molar-refractivity contribution in [2.24, 2.45) is 0 Å². The highest BCUT2D eigenvalue weighted by molar-refractivity contribution is 6.04. The lowest BCUT2D eigenvalue weighted by atomic mass is 10.2. The van der Waals surface area contributed by atoms with E-state index in [2.05, 4.69) is 20.7 Å². The van der Waals surface area contributed by atoms with Crippen LogP contribution in [0.2, 0.25) is 0 Å². The number of anilines is 1. The number of carbonyl (C=O) groups is 1. The molecular formula is C12H14N4O2. The standard InChI is InChI=1S/C12H14N4O2/c1-7-4-5-10(18-3)9(6-7)13-12(17)11-8(2)14-16-15-11/h4-6H,1-3H3,(H,13,17)(H,14,15,16). The molecule has 1 amide bonds. The summed E-state index contributed by atoms with van der Waals surface area (Å²) >= 11 is 0. The summed E-state index contributed by atoms with van der Waals surface area (Å²) in [6, 6.07) is 5.56. The summed E-state index contributed by atoms with van der Waals surface area (Å²) in [4.78, 5) is 12.0. The third-order valence-corrected chi connectivity index (χ3v) is 2.54. The van der Waals surface area contributed by atoms with Gasteiger partial charge in [0.2, 0.25) is 0 Å². The van der Waals surface area contributed by atoms with Crippen molar-refractivity contribution in [1.82, 2.24) is 15.4 Å². The van der Waals surface area contributed by atoms with Crippen molar-refractivity contribution in [3.05, 3.63) is 35.2 Å². The Morgan fingerprint density at radius 2 is 2.11 bits per heavy atom. The first-order valence-corrected chi connectivity index (χ1v) is 5.45. The number of ether oxygens (including phenoxy) is 1. The van der Waals surface area contributed by atoms with Gasteiger partial charge in [-0.15, -0.1) is 0 Å². The Labute approximate surface area is 104 Å². The molecular weight excluding hydrogens is 232 g/mol. The largest absolute Gasteiger partial charge is 0.495 e. The van der Waals surface area contributed by atoms with Crippen molar-refractivity contribution in [2.45, 2.75) is 13.8 Å². The van der Waals surface area contributed by atoms with E-state index in [4.69, 9.17) is 4.74 Å². The van der Waals surface area contributed by atoms with Crippen LogP contribution in [0.4, 0.5) is 5.69 Å². The van der Waals surface area contributed by atoms with Gasteiger partial charge in [-0.1, -0.05) is 6.07 Å². The van der Waals surface area contributed by atoms with Gasteiger partial charge in [-0.3, -0.25) is 4.79 Å². The molecule has 0 aliphatic rings. The Morgan fingerprint density at radius 3 is 2.72 bits per heavy atom. The molecule has 2 N–H and O–H groups in total. The molecule has 1 aromatic heterocycles. The molecule has 0 unspecified atom stereocenters. The van der Waals surface area contributed by atoms with Crippen molar-refractivity contribution < 1.29 is 9.53 Å². The molecule has 0 bridgehead atoms. The number of aryl methyl sites for hydroxylation is 2. The van der Waals surface area contributed by atoms with Gasteiger partial charge >= 0.3 is 0 Å². The van der Waals surface area contributed by atoms with E-state index in [1.165, 1.54) is 0 Å². The van der Waals surface area contributed by atoms with E-state index in [1.54, 1.807) is 20.1 Å². The number of aromatic amines is 1. The summed E-state index contributed by atoms with van der Waals surface area (Å²) in [7, 11) is 1.56. The minimum absolute atomic E-state index is 0.276. The van der Waals surface area contributed by atoms with Crippen LogP contribution in [-0.2, 0) is 0 Å². The summed E-state index contributed by atoms with van der Waals surface area (Å²) < 4.78 is 5.19. The van der Waals surface area contributed by atoms with E-state index < -0.39 is 0 Å². The lowest BCUT2D eigenvalue weighted by Gasteiger charge is -2.10. The third-order valence-electron chi connectivity index (χ3n) is 2.54. The molecule has 2 aromatic rings. The maximum absolute atomic E-state index is 12.0. The average molecular weight is 246 g/mol. The van der Waals surface area contributed by atoms with Crippen LogP contribution >= 0.6 is 0 Å². The van der Waals surface area contributed by atoms with Gasteiger partial charge in [0, 0.05) is 0 Å². The minimum atomic E-state index is -0.315. The van der Waals surface area contributed by atoms with Crippen LogP contribution in [0.3, 0.4) is 0 Å². The van der Waals surface area contributed by atoms with Crippen LogP contribution in [0.15, 0.2) is 18.2 Å². The second-order valence-corrected chi connectivity index (χ2v) is 3.92. The lowest BCUT2D eigenvalue weighted by molar-refractivity contribution is 0.102. The van der Waals surface area contributed by atoms with E-state index >= 15 is 0 Å². The first kappa shape index (κ1) is 12.1. The number of H-pyrrole nitrogens is 1. The van der Waals surface area contributed by atoms with Crippen molar-refractivity contribution in [1.29, 1.82) is 0 Å². The summed E-state index contributed by atoms with van der Waals surface area (Å²) in [5, 5.41) is 12.8. The first-order valence-electron chi connectivity index (χ1n) is 5.45. The second kappa shape index (κ2) is 4.87. The first-order chi connectivity index (χ1) is 8.61. The summed E-state index contributed by atoms with van der Waals surface area (Å²) in [6.07, 6.45) is 0.